The number of benzene rings is 1. The van der Waals surface area contributed by atoms with Gasteiger partial charge in [0.05, 0.1) is 11.8 Å². The van der Waals surface area contributed by atoms with Crippen LogP contribution in [0.3, 0.4) is 0 Å². The molecule has 2 atom stereocenters. The van der Waals surface area contributed by atoms with Crippen LogP contribution in [0.25, 0.3) is 11.4 Å². The zero-order valence-electron chi connectivity index (χ0n) is 13.6. The fourth-order valence-corrected chi connectivity index (χ4v) is 3.13. The average molecular weight is 328 g/mol. The Labute approximate surface area is 139 Å². The summed E-state index contributed by atoms with van der Waals surface area (Å²) in [4.78, 5) is 27.7. The minimum absolute atomic E-state index is 0.213. The molecule has 0 bridgehead atoms. The van der Waals surface area contributed by atoms with Crippen LogP contribution >= 0.6 is 0 Å². The van der Waals surface area contributed by atoms with E-state index < -0.39 is 23.2 Å². The van der Waals surface area contributed by atoms with Crippen LogP contribution in [-0.4, -0.2) is 38.7 Å². The van der Waals surface area contributed by atoms with Gasteiger partial charge < -0.3 is 10.4 Å². The Balaban J connectivity index is 1.52. The molecule has 2 aromatic rings. The SMILES string of the molecule is CC1(C)[C@H](C(=O)O)[C@@H]1C(=O)NCCc1nc(-c2ccccc2)n[nH]1. The van der Waals surface area contributed by atoms with Crippen molar-refractivity contribution in [2.24, 2.45) is 17.3 Å². The van der Waals surface area contributed by atoms with Crippen molar-refractivity contribution in [3.05, 3.63) is 36.2 Å². The number of aromatic amines is 1. The first-order chi connectivity index (χ1) is 11.4. The van der Waals surface area contributed by atoms with Crippen molar-refractivity contribution in [1.29, 1.82) is 0 Å². The summed E-state index contributed by atoms with van der Waals surface area (Å²) < 4.78 is 0. The minimum Gasteiger partial charge on any atom is -0.481 e. The molecule has 3 rings (SSSR count). The van der Waals surface area contributed by atoms with Crippen molar-refractivity contribution in [2.75, 3.05) is 6.54 Å². The molecule has 1 saturated carbocycles. The minimum atomic E-state index is -0.914. The summed E-state index contributed by atoms with van der Waals surface area (Å²) in [6.07, 6.45) is 0.510. The highest BCUT2D eigenvalue weighted by Gasteiger charge is 2.65. The van der Waals surface area contributed by atoms with Crippen LogP contribution in [0.4, 0.5) is 0 Å². The molecule has 1 aromatic carbocycles. The molecule has 24 heavy (non-hydrogen) atoms. The molecule has 3 N–H and O–H groups in total. The Bertz CT molecular complexity index is 754. The van der Waals surface area contributed by atoms with Gasteiger partial charge in [0, 0.05) is 18.5 Å². The molecule has 1 aliphatic rings. The quantitative estimate of drug-likeness (QED) is 0.744. The number of hydrogen-bond acceptors (Lipinski definition) is 4. The summed E-state index contributed by atoms with van der Waals surface area (Å²) in [6.45, 7) is 4.00. The molecule has 0 saturated heterocycles. The summed E-state index contributed by atoms with van der Waals surface area (Å²) in [5, 5.41) is 18.9. The zero-order chi connectivity index (χ0) is 17.3. The summed E-state index contributed by atoms with van der Waals surface area (Å²) in [5.41, 5.74) is 0.441. The van der Waals surface area contributed by atoms with E-state index in [2.05, 4.69) is 20.5 Å². The molecule has 1 heterocycles. The van der Waals surface area contributed by atoms with Crippen LogP contribution in [0.15, 0.2) is 30.3 Å². The van der Waals surface area contributed by atoms with Crippen molar-refractivity contribution >= 4 is 11.9 Å². The monoisotopic (exact) mass is 328 g/mol. The fraction of sp³-hybridized carbons (Fsp3) is 0.412. The van der Waals surface area contributed by atoms with Gasteiger partial charge in [-0.05, 0) is 5.41 Å². The number of aliphatic carboxylic acids is 1. The van der Waals surface area contributed by atoms with Crippen molar-refractivity contribution in [3.8, 4) is 11.4 Å². The van der Waals surface area contributed by atoms with Gasteiger partial charge >= 0.3 is 5.97 Å². The van der Waals surface area contributed by atoms with Gasteiger partial charge in [0.1, 0.15) is 5.82 Å². The van der Waals surface area contributed by atoms with Gasteiger partial charge in [0.2, 0.25) is 5.91 Å². The van der Waals surface area contributed by atoms with Crippen molar-refractivity contribution in [3.63, 3.8) is 0 Å². The van der Waals surface area contributed by atoms with E-state index in [9.17, 15) is 9.59 Å². The normalized spacial score (nSPS) is 21.2. The number of carbonyl (C=O) groups is 2. The van der Waals surface area contributed by atoms with Crippen LogP contribution in [0.2, 0.25) is 0 Å². The van der Waals surface area contributed by atoms with Gasteiger partial charge in [-0.3, -0.25) is 14.7 Å². The molecule has 1 amide bonds. The Morgan fingerprint density at radius 2 is 1.96 bits per heavy atom. The van der Waals surface area contributed by atoms with Crippen LogP contribution in [0.1, 0.15) is 19.7 Å². The summed E-state index contributed by atoms with van der Waals surface area (Å²) >= 11 is 0. The van der Waals surface area contributed by atoms with E-state index in [1.54, 1.807) is 13.8 Å². The molecular formula is C17H20N4O3. The van der Waals surface area contributed by atoms with Gasteiger partial charge in [-0.2, -0.15) is 5.10 Å². The Morgan fingerprint density at radius 3 is 2.58 bits per heavy atom. The van der Waals surface area contributed by atoms with Crippen molar-refractivity contribution < 1.29 is 14.7 Å². The predicted octanol–water partition coefficient (Wildman–Crippen LogP) is 1.49. The maximum atomic E-state index is 12.1. The van der Waals surface area contributed by atoms with E-state index in [1.807, 2.05) is 30.3 Å². The van der Waals surface area contributed by atoms with Gasteiger partial charge in [-0.15, -0.1) is 0 Å². The summed E-state index contributed by atoms with van der Waals surface area (Å²) in [5.74, 6) is -0.902. The van der Waals surface area contributed by atoms with E-state index in [-0.39, 0.29) is 5.91 Å². The lowest BCUT2D eigenvalue weighted by Crippen LogP contribution is -2.29. The molecule has 7 nitrogen and oxygen atoms in total. The fourth-order valence-electron chi connectivity index (χ4n) is 3.13. The molecule has 7 heteroatoms. The second-order valence-corrected chi connectivity index (χ2v) is 6.63. The molecule has 1 aromatic heterocycles. The number of rotatable bonds is 6. The molecule has 0 aliphatic heterocycles. The number of amides is 1. The number of H-pyrrole nitrogens is 1. The molecule has 0 unspecified atom stereocenters. The van der Waals surface area contributed by atoms with E-state index >= 15 is 0 Å². The summed E-state index contributed by atoms with van der Waals surface area (Å²) in [6, 6.07) is 9.62. The second kappa shape index (κ2) is 6.07. The van der Waals surface area contributed by atoms with Crippen LogP contribution < -0.4 is 5.32 Å². The molecular weight excluding hydrogens is 308 g/mol. The average Bonchev–Trinajstić information content (AvgIpc) is 2.91. The highest BCUT2D eigenvalue weighted by Crippen LogP contribution is 2.58. The van der Waals surface area contributed by atoms with Crippen LogP contribution in [0, 0.1) is 17.3 Å². The summed E-state index contributed by atoms with van der Waals surface area (Å²) in [7, 11) is 0. The second-order valence-electron chi connectivity index (χ2n) is 6.63. The third-order valence-corrected chi connectivity index (χ3v) is 4.60. The molecule has 126 valence electrons. The lowest BCUT2D eigenvalue weighted by molar-refractivity contribution is -0.140. The van der Waals surface area contributed by atoms with Gasteiger partial charge in [-0.25, -0.2) is 4.98 Å². The maximum Gasteiger partial charge on any atom is 0.307 e. The van der Waals surface area contributed by atoms with E-state index in [4.69, 9.17) is 5.11 Å². The number of aromatic nitrogens is 3. The first-order valence-electron chi connectivity index (χ1n) is 7.88. The Kier molecular flexibility index (Phi) is 4.09. The van der Waals surface area contributed by atoms with Gasteiger partial charge in [-0.1, -0.05) is 44.2 Å². The third-order valence-electron chi connectivity index (χ3n) is 4.60. The topological polar surface area (TPSA) is 108 Å². The Hall–Kier alpha value is -2.70. The van der Waals surface area contributed by atoms with Crippen molar-refractivity contribution in [2.45, 2.75) is 20.3 Å². The lowest BCUT2D eigenvalue weighted by Gasteiger charge is -2.04. The lowest BCUT2D eigenvalue weighted by atomic mass is 10.1. The molecule has 1 aliphatic carbocycles. The van der Waals surface area contributed by atoms with E-state index in [0.29, 0.717) is 24.6 Å². The number of nitrogens with one attached hydrogen (secondary N) is 2. The number of carbonyl (C=O) groups excluding carboxylic acids is 1. The van der Waals surface area contributed by atoms with Crippen LogP contribution in [-0.2, 0) is 16.0 Å². The smallest absolute Gasteiger partial charge is 0.307 e. The number of carboxylic acid groups (broad SMARTS) is 1. The van der Waals surface area contributed by atoms with E-state index in [0.717, 1.165) is 5.56 Å². The molecule has 0 spiro atoms. The highest BCUT2D eigenvalue weighted by atomic mass is 16.4. The predicted molar refractivity (Wildman–Crippen MR) is 86.9 cm³/mol. The van der Waals surface area contributed by atoms with Gasteiger partial charge in [0.25, 0.3) is 0 Å². The highest BCUT2D eigenvalue weighted by molar-refractivity contribution is 5.91. The Morgan fingerprint density at radius 1 is 1.25 bits per heavy atom. The first-order valence-corrected chi connectivity index (χ1v) is 7.88. The molecule has 1 fully saturated rings. The first kappa shape index (κ1) is 16.2. The number of carboxylic acids is 1. The van der Waals surface area contributed by atoms with Crippen LogP contribution in [0.5, 0.6) is 0 Å². The number of hydrogen-bond donors (Lipinski definition) is 3. The largest absolute Gasteiger partial charge is 0.481 e. The standard InChI is InChI=1S/C17H20N4O3/c1-17(2)12(13(17)16(23)24)15(22)18-9-8-11-19-14(21-20-11)10-6-4-3-5-7-10/h3-7,12-13H,8-9H2,1-2H3,(H,18,22)(H,23,24)(H,19,20,21)/t12-,13+/m1/s1. The third kappa shape index (κ3) is 3.02. The van der Waals surface area contributed by atoms with E-state index in [1.165, 1.54) is 0 Å². The zero-order valence-corrected chi connectivity index (χ0v) is 13.6. The number of nitrogens with zero attached hydrogens (tertiary/aromatic N) is 2. The van der Waals surface area contributed by atoms with Gasteiger partial charge in [0.15, 0.2) is 5.82 Å². The van der Waals surface area contributed by atoms with Crippen molar-refractivity contribution in [1.82, 2.24) is 20.5 Å². The molecule has 0 radical (unpaired) electrons. The maximum absolute atomic E-state index is 12.1.